The van der Waals surface area contributed by atoms with Crippen LogP contribution in [-0.2, 0) is 10.0 Å². The molecule has 1 aliphatic rings. The van der Waals surface area contributed by atoms with Gasteiger partial charge in [-0.15, -0.1) is 0 Å². The summed E-state index contributed by atoms with van der Waals surface area (Å²) >= 11 is 11.3. The highest BCUT2D eigenvalue weighted by Crippen LogP contribution is 2.34. The Morgan fingerprint density at radius 2 is 1.90 bits per heavy atom. The number of aliphatic hydroxyl groups excluding tert-OH is 1. The number of hydrogen-bond acceptors (Lipinski definition) is 3. The first-order valence-corrected chi connectivity index (χ1v) is 8.34. The summed E-state index contributed by atoms with van der Waals surface area (Å²) in [6.45, 7) is -0.306. The Morgan fingerprint density at radius 1 is 1.30 bits per heavy atom. The largest absolute Gasteiger partial charge is 0.394 e. The summed E-state index contributed by atoms with van der Waals surface area (Å²) in [5.74, 6) is -0.972. The predicted octanol–water partition coefficient (Wildman–Crippen LogP) is 2.72. The van der Waals surface area contributed by atoms with E-state index in [4.69, 9.17) is 23.2 Å². The van der Waals surface area contributed by atoms with E-state index >= 15 is 0 Å². The van der Waals surface area contributed by atoms with Gasteiger partial charge in [-0.25, -0.2) is 17.5 Å². The van der Waals surface area contributed by atoms with E-state index < -0.39 is 26.4 Å². The molecule has 112 valence electrons. The minimum Gasteiger partial charge on any atom is -0.394 e. The third kappa shape index (κ3) is 2.94. The fourth-order valence-corrected chi connectivity index (χ4v) is 4.60. The van der Waals surface area contributed by atoms with Crippen LogP contribution in [-0.4, -0.2) is 25.7 Å². The van der Waals surface area contributed by atoms with Crippen molar-refractivity contribution < 1.29 is 17.9 Å². The van der Waals surface area contributed by atoms with E-state index in [9.17, 15) is 17.9 Å². The Balaban J connectivity index is 2.38. The molecule has 1 aliphatic carbocycles. The maximum Gasteiger partial charge on any atom is 0.242 e. The van der Waals surface area contributed by atoms with E-state index in [2.05, 4.69) is 4.72 Å². The number of sulfonamides is 1. The van der Waals surface area contributed by atoms with Crippen molar-refractivity contribution in [1.82, 2.24) is 4.72 Å². The fraction of sp³-hybridized carbons (Fsp3) is 0.500. The highest BCUT2D eigenvalue weighted by atomic mass is 35.5. The van der Waals surface area contributed by atoms with Gasteiger partial charge in [0.1, 0.15) is 4.90 Å². The van der Waals surface area contributed by atoms with Crippen molar-refractivity contribution >= 4 is 33.2 Å². The molecule has 4 nitrogen and oxygen atoms in total. The average Bonchev–Trinajstić information content (AvgIpc) is 2.84. The number of hydrogen-bond donors (Lipinski definition) is 2. The zero-order chi connectivity index (χ0) is 15.0. The summed E-state index contributed by atoms with van der Waals surface area (Å²) < 4.78 is 40.7. The van der Waals surface area contributed by atoms with Crippen LogP contribution in [0.15, 0.2) is 17.0 Å². The zero-order valence-corrected chi connectivity index (χ0v) is 12.8. The summed E-state index contributed by atoms with van der Waals surface area (Å²) in [5.41, 5.74) is -0.891. The van der Waals surface area contributed by atoms with Crippen LogP contribution >= 0.6 is 23.2 Å². The first-order chi connectivity index (χ1) is 9.31. The average molecular weight is 342 g/mol. The molecule has 0 radical (unpaired) electrons. The molecule has 1 fully saturated rings. The molecule has 20 heavy (non-hydrogen) atoms. The predicted molar refractivity (Wildman–Crippen MR) is 75.0 cm³/mol. The summed E-state index contributed by atoms with van der Waals surface area (Å²) in [6, 6.07) is 2.29. The minimum atomic E-state index is -4.02. The molecule has 0 aromatic heterocycles. The molecule has 1 aromatic carbocycles. The van der Waals surface area contributed by atoms with E-state index in [1.807, 2.05) is 0 Å². The number of aliphatic hydroxyl groups is 1. The molecule has 0 amide bonds. The molecular formula is C12H14Cl2FNO3S. The van der Waals surface area contributed by atoms with Gasteiger partial charge >= 0.3 is 0 Å². The lowest BCUT2D eigenvalue weighted by atomic mass is 10.0. The molecule has 0 aliphatic heterocycles. The van der Waals surface area contributed by atoms with Crippen molar-refractivity contribution in [2.45, 2.75) is 36.1 Å². The zero-order valence-electron chi connectivity index (χ0n) is 10.5. The highest BCUT2D eigenvalue weighted by Gasteiger charge is 2.38. The second-order valence-electron chi connectivity index (χ2n) is 4.92. The lowest BCUT2D eigenvalue weighted by Crippen LogP contribution is -2.49. The second-order valence-corrected chi connectivity index (χ2v) is 7.36. The van der Waals surface area contributed by atoms with Crippen molar-refractivity contribution in [2.75, 3.05) is 6.61 Å². The van der Waals surface area contributed by atoms with Gasteiger partial charge in [0.25, 0.3) is 0 Å². The monoisotopic (exact) mass is 341 g/mol. The molecule has 0 heterocycles. The van der Waals surface area contributed by atoms with Crippen LogP contribution < -0.4 is 4.72 Å². The van der Waals surface area contributed by atoms with Crippen LogP contribution in [0.5, 0.6) is 0 Å². The molecule has 1 aromatic rings. The van der Waals surface area contributed by atoms with Crippen LogP contribution in [0.4, 0.5) is 4.39 Å². The number of halogens is 3. The fourth-order valence-electron chi connectivity index (χ4n) is 2.40. The standard InChI is InChI=1S/C12H14Cl2FNO3S/c13-8-3-4-9(10(14)11(8)15)20(18,19)16-12(7-17)5-1-2-6-12/h3-4,16-17H,1-2,5-7H2. The van der Waals surface area contributed by atoms with Crippen LogP contribution in [0.2, 0.25) is 10.0 Å². The SMILES string of the molecule is O=S(=O)(NC1(CO)CCCC1)c1ccc(Cl)c(F)c1Cl. The number of benzene rings is 1. The van der Waals surface area contributed by atoms with Crippen molar-refractivity contribution in [3.8, 4) is 0 Å². The van der Waals surface area contributed by atoms with Crippen LogP contribution in [0.3, 0.4) is 0 Å². The van der Waals surface area contributed by atoms with Gasteiger partial charge in [0.2, 0.25) is 10.0 Å². The van der Waals surface area contributed by atoms with Gasteiger partial charge in [0.05, 0.1) is 22.2 Å². The van der Waals surface area contributed by atoms with Gasteiger partial charge in [-0.3, -0.25) is 0 Å². The van der Waals surface area contributed by atoms with E-state index in [1.165, 1.54) is 0 Å². The molecule has 2 N–H and O–H groups in total. The van der Waals surface area contributed by atoms with Crippen LogP contribution in [0.1, 0.15) is 25.7 Å². The van der Waals surface area contributed by atoms with Gasteiger partial charge < -0.3 is 5.11 Å². The minimum absolute atomic E-state index is 0.244. The Hall–Kier alpha value is -0.400. The molecule has 0 bridgehead atoms. The van der Waals surface area contributed by atoms with E-state index in [-0.39, 0.29) is 16.5 Å². The molecule has 0 unspecified atom stereocenters. The van der Waals surface area contributed by atoms with Gasteiger partial charge in [-0.1, -0.05) is 36.0 Å². The summed E-state index contributed by atoms with van der Waals surface area (Å²) in [5, 5.41) is 8.65. The van der Waals surface area contributed by atoms with Crippen molar-refractivity contribution in [3.05, 3.63) is 28.0 Å². The molecule has 1 saturated carbocycles. The molecule has 8 heteroatoms. The molecule has 2 rings (SSSR count). The smallest absolute Gasteiger partial charge is 0.242 e. The van der Waals surface area contributed by atoms with Crippen LogP contribution in [0.25, 0.3) is 0 Å². The summed E-state index contributed by atoms with van der Waals surface area (Å²) in [6.07, 6.45) is 2.73. The van der Waals surface area contributed by atoms with E-state index in [0.29, 0.717) is 12.8 Å². The Labute approximate surface area is 126 Å². The Kier molecular flexibility index (Phi) is 4.61. The molecule has 0 atom stereocenters. The van der Waals surface area contributed by atoms with Crippen molar-refractivity contribution in [1.29, 1.82) is 0 Å². The number of nitrogens with one attached hydrogen (secondary N) is 1. The van der Waals surface area contributed by atoms with Gasteiger partial charge in [0.15, 0.2) is 5.82 Å². The quantitative estimate of drug-likeness (QED) is 0.827. The third-order valence-electron chi connectivity index (χ3n) is 3.50. The van der Waals surface area contributed by atoms with Gasteiger partial charge in [-0.05, 0) is 25.0 Å². The number of rotatable bonds is 4. The second kappa shape index (κ2) is 5.77. The first-order valence-electron chi connectivity index (χ1n) is 6.10. The third-order valence-corrected chi connectivity index (χ3v) is 5.90. The van der Waals surface area contributed by atoms with E-state index in [0.717, 1.165) is 25.0 Å². The maximum absolute atomic E-state index is 13.6. The molecular weight excluding hydrogens is 328 g/mol. The topological polar surface area (TPSA) is 66.4 Å². The van der Waals surface area contributed by atoms with Gasteiger partial charge in [0, 0.05) is 0 Å². The Bertz CT molecular complexity index is 615. The normalized spacial score (nSPS) is 18.4. The van der Waals surface area contributed by atoms with E-state index in [1.54, 1.807) is 0 Å². The van der Waals surface area contributed by atoms with Crippen LogP contribution in [0, 0.1) is 5.82 Å². The lowest BCUT2D eigenvalue weighted by molar-refractivity contribution is 0.185. The lowest BCUT2D eigenvalue weighted by Gasteiger charge is -2.27. The Morgan fingerprint density at radius 3 is 2.45 bits per heavy atom. The van der Waals surface area contributed by atoms with Crippen molar-refractivity contribution in [3.63, 3.8) is 0 Å². The molecule has 0 saturated heterocycles. The summed E-state index contributed by atoms with van der Waals surface area (Å²) in [4.78, 5) is -0.374. The highest BCUT2D eigenvalue weighted by molar-refractivity contribution is 7.89. The molecule has 0 spiro atoms. The van der Waals surface area contributed by atoms with Crippen molar-refractivity contribution in [2.24, 2.45) is 0 Å². The first kappa shape index (κ1) is 16.0. The maximum atomic E-state index is 13.6. The van der Waals surface area contributed by atoms with Gasteiger partial charge in [-0.2, -0.15) is 0 Å². The summed E-state index contributed by atoms with van der Waals surface area (Å²) in [7, 11) is -4.02.